The van der Waals surface area contributed by atoms with Gasteiger partial charge in [-0.2, -0.15) is 5.10 Å². The van der Waals surface area contributed by atoms with Gasteiger partial charge in [0.05, 0.1) is 17.4 Å². The Balaban J connectivity index is 1.80. The molecular weight excluding hydrogens is 424 g/mol. The van der Waals surface area contributed by atoms with Crippen LogP contribution in [0.15, 0.2) is 59.4 Å². The number of rotatable bonds is 5. The highest BCUT2D eigenvalue weighted by molar-refractivity contribution is 6.31. The van der Waals surface area contributed by atoms with E-state index in [-0.39, 0.29) is 24.1 Å². The number of nitrogens with one attached hydrogen (secondary N) is 1. The van der Waals surface area contributed by atoms with E-state index in [1.54, 1.807) is 10.7 Å². The average molecular weight is 449 g/mol. The van der Waals surface area contributed by atoms with Crippen LogP contribution in [0.25, 0.3) is 16.7 Å². The number of amides is 1. The number of hydrogen-bond donors (Lipinski definition) is 1. The molecule has 1 N–H and O–H groups in total. The highest BCUT2D eigenvalue weighted by atomic mass is 35.5. The van der Waals surface area contributed by atoms with Gasteiger partial charge in [-0.15, -0.1) is 0 Å². The van der Waals surface area contributed by atoms with Gasteiger partial charge >= 0.3 is 0 Å². The summed E-state index contributed by atoms with van der Waals surface area (Å²) in [4.78, 5) is 25.9. The van der Waals surface area contributed by atoms with Gasteiger partial charge in [0.2, 0.25) is 5.91 Å². The molecule has 7 heteroatoms. The summed E-state index contributed by atoms with van der Waals surface area (Å²) in [5, 5.41) is 9.16. The maximum atomic E-state index is 13.0. The molecular formula is C25H25ClN4O2. The molecule has 0 radical (unpaired) electrons. The van der Waals surface area contributed by atoms with Gasteiger partial charge in [-0.3, -0.25) is 14.2 Å². The number of nitrogens with zero attached hydrogens (tertiary/aromatic N) is 3. The number of aromatic nitrogens is 3. The van der Waals surface area contributed by atoms with E-state index in [0.717, 1.165) is 33.5 Å². The fourth-order valence-electron chi connectivity index (χ4n) is 4.07. The molecule has 1 atom stereocenters. The van der Waals surface area contributed by atoms with Crippen LogP contribution >= 0.6 is 11.6 Å². The minimum atomic E-state index is -0.252. The molecule has 1 amide bonds. The molecule has 2 aromatic carbocycles. The predicted octanol–water partition coefficient (Wildman–Crippen LogP) is 4.64. The molecule has 0 aliphatic heterocycles. The third-order valence-corrected chi connectivity index (χ3v) is 6.15. The Morgan fingerprint density at radius 2 is 1.81 bits per heavy atom. The molecule has 32 heavy (non-hydrogen) atoms. The highest BCUT2D eigenvalue weighted by Gasteiger charge is 2.20. The second-order valence-electron chi connectivity index (χ2n) is 8.03. The monoisotopic (exact) mass is 448 g/mol. The Hall–Kier alpha value is -3.38. The zero-order valence-electron chi connectivity index (χ0n) is 18.5. The Labute approximate surface area is 191 Å². The van der Waals surface area contributed by atoms with Crippen molar-refractivity contribution in [1.82, 2.24) is 19.7 Å². The van der Waals surface area contributed by atoms with Gasteiger partial charge < -0.3 is 5.32 Å². The van der Waals surface area contributed by atoms with E-state index < -0.39 is 0 Å². The smallest absolute Gasteiger partial charge is 0.252 e. The molecule has 0 bridgehead atoms. The largest absolute Gasteiger partial charge is 0.348 e. The third kappa shape index (κ3) is 3.94. The second-order valence-corrected chi connectivity index (χ2v) is 8.44. The molecule has 4 aromatic rings. The van der Waals surface area contributed by atoms with Crippen LogP contribution in [-0.4, -0.2) is 20.3 Å². The average Bonchev–Trinajstić information content (AvgIpc) is 3.11. The van der Waals surface area contributed by atoms with E-state index in [1.165, 1.54) is 4.57 Å². The van der Waals surface area contributed by atoms with Crippen LogP contribution in [0, 0.1) is 20.8 Å². The summed E-state index contributed by atoms with van der Waals surface area (Å²) >= 11 is 6.35. The van der Waals surface area contributed by atoms with Gasteiger partial charge in [0.15, 0.2) is 0 Å². The maximum Gasteiger partial charge on any atom is 0.252 e. The first kappa shape index (κ1) is 21.8. The molecule has 2 aromatic heterocycles. The predicted molar refractivity (Wildman–Crippen MR) is 128 cm³/mol. The summed E-state index contributed by atoms with van der Waals surface area (Å²) in [7, 11) is 0. The lowest BCUT2D eigenvalue weighted by molar-refractivity contribution is -0.122. The van der Waals surface area contributed by atoms with Crippen LogP contribution in [-0.2, 0) is 11.3 Å². The zero-order valence-corrected chi connectivity index (χ0v) is 19.3. The normalized spacial score (nSPS) is 12.2. The van der Waals surface area contributed by atoms with Crippen molar-refractivity contribution in [3.05, 3.63) is 92.4 Å². The molecule has 4 rings (SSSR count). The summed E-state index contributed by atoms with van der Waals surface area (Å²) < 4.78 is 3.20. The minimum Gasteiger partial charge on any atom is -0.348 e. The lowest BCUT2D eigenvalue weighted by Crippen LogP contribution is -2.34. The van der Waals surface area contributed by atoms with Gasteiger partial charge in [0, 0.05) is 16.5 Å². The van der Waals surface area contributed by atoms with Crippen LogP contribution in [0.3, 0.4) is 0 Å². The molecule has 0 saturated carbocycles. The maximum absolute atomic E-state index is 13.0. The molecule has 6 nitrogen and oxygen atoms in total. The van der Waals surface area contributed by atoms with Crippen molar-refractivity contribution >= 4 is 28.5 Å². The van der Waals surface area contributed by atoms with Crippen molar-refractivity contribution in [3.63, 3.8) is 0 Å². The number of pyridine rings is 1. The van der Waals surface area contributed by atoms with Crippen molar-refractivity contribution in [2.45, 2.75) is 40.3 Å². The van der Waals surface area contributed by atoms with Gasteiger partial charge in [0.1, 0.15) is 12.2 Å². The first-order chi connectivity index (χ1) is 15.3. The summed E-state index contributed by atoms with van der Waals surface area (Å²) in [6, 6.07) is 16.7. The number of benzene rings is 2. The molecule has 0 spiro atoms. The number of fused-ring (bicyclic) bond motifs is 1. The summed E-state index contributed by atoms with van der Waals surface area (Å²) in [6.07, 6.45) is 0. The highest BCUT2D eigenvalue weighted by Crippen LogP contribution is 2.28. The van der Waals surface area contributed by atoms with Crippen LogP contribution in [0.5, 0.6) is 0 Å². The van der Waals surface area contributed by atoms with Crippen molar-refractivity contribution in [2.75, 3.05) is 0 Å². The fourth-order valence-corrected chi connectivity index (χ4v) is 4.24. The zero-order chi connectivity index (χ0) is 23.0. The van der Waals surface area contributed by atoms with Gasteiger partial charge in [0.25, 0.3) is 5.56 Å². The quantitative estimate of drug-likeness (QED) is 0.483. The molecule has 1 unspecified atom stereocenters. The Morgan fingerprint density at radius 3 is 2.53 bits per heavy atom. The Kier molecular flexibility index (Phi) is 5.89. The number of aryl methyl sites for hydroxylation is 2. The number of halogens is 1. The first-order valence-corrected chi connectivity index (χ1v) is 10.8. The number of hydrogen-bond acceptors (Lipinski definition) is 3. The van der Waals surface area contributed by atoms with E-state index in [9.17, 15) is 9.59 Å². The lowest BCUT2D eigenvalue weighted by atomic mass is 10.1. The second kappa shape index (κ2) is 8.63. The SMILES string of the molecule is Cc1c(Cl)cccc1-n1nc(C)c2c(C)cc(=O)n(CC(=O)NC(C)c3ccccc3)c21. The van der Waals surface area contributed by atoms with Crippen LogP contribution < -0.4 is 10.9 Å². The van der Waals surface area contributed by atoms with Crippen molar-refractivity contribution in [1.29, 1.82) is 0 Å². The van der Waals surface area contributed by atoms with Crippen molar-refractivity contribution in [3.8, 4) is 5.69 Å². The molecule has 0 aliphatic carbocycles. The van der Waals surface area contributed by atoms with Gasteiger partial charge in [-0.05, 0) is 56.5 Å². The van der Waals surface area contributed by atoms with Crippen LogP contribution in [0.2, 0.25) is 5.02 Å². The van der Waals surface area contributed by atoms with Crippen LogP contribution in [0.1, 0.15) is 35.3 Å². The number of carbonyl (C=O) groups is 1. The first-order valence-electron chi connectivity index (χ1n) is 10.5. The Morgan fingerprint density at radius 1 is 1.09 bits per heavy atom. The van der Waals surface area contributed by atoms with Crippen LogP contribution in [0.4, 0.5) is 0 Å². The molecule has 0 aliphatic rings. The molecule has 0 saturated heterocycles. The van der Waals surface area contributed by atoms with E-state index >= 15 is 0 Å². The minimum absolute atomic E-state index is 0.114. The van der Waals surface area contributed by atoms with Gasteiger partial charge in [-0.25, -0.2) is 4.68 Å². The summed E-state index contributed by atoms with van der Waals surface area (Å²) in [6.45, 7) is 7.50. The molecule has 0 fully saturated rings. The van der Waals surface area contributed by atoms with Gasteiger partial charge in [-0.1, -0.05) is 48.0 Å². The fraction of sp³-hybridized carbons (Fsp3) is 0.240. The standard InChI is InChI=1S/C25H25ClN4O2/c1-15-13-23(32)29(14-22(31)27-17(3)19-9-6-5-7-10-19)25-24(15)18(4)28-30(25)21-12-8-11-20(26)16(21)2/h5-13,17H,14H2,1-4H3,(H,27,31). The van der Waals surface area contributed by atoms with E-state index in [0.29, 0.717) is 10.7 Å². The molecule has 2 heterocycles. The Bertz CT molecular complexity index is 1370. The molecule has 164 valence electrons. The van der Waals surface area contributed by atoms with E-state index in [1.807, 2.05) is 76.2 Å². The number of carbonyl (C=O) groups excluding carboxylic acids is 1. The summed E-state index contributed by atoms with van der Waals surface area (Å²) in [5.41, 5.74) is 4.55. The van der Waals surface area contributed by atoms with Crippen molar-refractivity contribution in [2.24, 2.45) is 0 Å². The van der Waals surface area contributed by atoms with Crippen molar-refractivity contribution < 1.29 is 4.79 Å². The topological polar surface area (TPSA) is 68.9 Å². The van der Waals surface area contributed by atoms with E-state index in [2.05, 4.69) is 5.32 Å². The third-order valence-electron chi connectivity index (χ3n) is 5.74. The summed E-state index contributed by atoms with van der Waals surface area (Å²) in [5.74, 6) is -0.248. The lowest BCUT2D eigenvalue weighted by Gasteiger charge is -2.17. The van der Waals surface area contributed by atoms with E-state index in [4.69, 9.17) is 16.7 Å².